The van der Waals surface area contributed by atoms with Gasteiger partial charge in [-0.05, 0) is 0 Å². The molecule has 1 aliphatic heterocycles. The zero-order chi connectivity index (χ0) is 10.1. The number of carbonyl (C=O) groups excluding carboxylic acids is 1. The molecule has 1 heterocycles. The van der Waals surface area contributed by atoms with E-state index in [4.69, 9.17) is 10.5 Å². The van der Waals surface area contributed by atoms with Crippen molar-refractivity contribution in [2.45, 2.75) is 5.25 Å². The molecule has 0 bridgehead atoms. The minimum atomic E-state index is -3.39. The van der Waals surface area contributed by atoms with Crippen LogP contribution >= 0.6 is 0 Å². The van der Waals surface area contributed by atoms with Crippen LogP contribution < -0.4 is 5.73 Å². The lowest BCUT2D eigenvalue weighted by molar-refractivity contribution is -0.118. The Kier molecular flexibility index (Phi) is 2.89. The molecule has 0 aromatic carbocycles. The van der Waals surface area contributed by atoms with Gasteiger partial charge in [0, 0.05) is 7.05 Å². The second kappa shape index (κ2) is 3.60. The number of hydrogen-bond acceptors (Lipinski definition) is 4. The van der Waals surface area contributed by atoms with Crippen LogP contribution in [0.25, 0.3) is 0 Å². The summed E-state index contributed by atoms with van der Waals surface area (Å²) in [5, 5.41) is -0.517. The molecule has 1 rings (SSSR count). The maximum Gasteiger partial charge on any atom is 0.232 e. The standard InChI is InChI=1S/C6H12N2O4S/c1-8(2-6(7)9)13(10,11)5-3-12-4-5/h5H,2-4H2,1H3,(H2,7,9). The first-order valence-electron chi connectivity index (χ1n) is 3.76. The summed E-state index contributed by atoms with van der Waals surface area (Å²) in [7, 11) is -2.06. The van der Waals surface area contributed by atoms with Gasteiger partial charge >= 0.3 is 0 Å². The third kappa shape index (κ3) is 2.17. The number of hydrogen-bond donors (Lipinski definition) is 1. The number of nitrogens with two attached hydrogens (primary N) is 1. The van der Waals surface area contributed by atoms with Gasteiger partial charge in [0.25, 0.3) is 0 Å². The van der Waals surface area contributed by atoms with Crippen LogP contribution in [-0.4, -0.2) is 50.7 Å². The average Bonchev–Trinajstić information content (AvgIpc) is 1.79. The molecule has 0 saturated carbocycles. The van der Waals surface area contributed by atoms with Gasteiger partial charge in [-0.2, -0.15) is 4.31 Å². The van der Waals surface area contributed by atoms with Crippen LogP contribution in [-0.2, 0) is 19.6 Å². The number of likely N-dealkylation sites (N-methyl/N-ethyl adjacent to an activating group) is 1. The summed E-state index contributed by atoms with van der Waals surface area (Å²) in [6, 6.07) is 0. The minimum Gasteiger partial charge on any atom is -0.378 e. The van der Waals surface area contributed by atoms with Crippen LogP contribution in [0, 0.1) is 0 Å². The topological polar surface area (TPSA) is 89.7 Å². The fourth-order valence-electron chi connectivity index (χ4n) is 0.950. The third-order valence-corrected chi connectivity index (χ3v) is 3.95. The molecule has 0 aromatic heterocycles. The normalized spacial score (nSPS) is 18.6. The van der Waals surface area contributed by atoms with Crippen molar-refractivity contribution in [1.82, 2.24) is 4.31 Å². The zero-order valence-electron chi connectivity index (χ0n) is 7.26. The summed E-state index contributed by atoms with van der Waals surface area (Å²) in [5.41, 5.74) is 4.87. The molecule has 6 nitrogen and oxygen atoms in total. The maximum atomic E-state index is 11.5. The summed E-state index contributed by atoms with van der Waals surface area (Å²) in [6.07, 6.45) is 0. The summed E-state index contributed by atoms with van der Waals surface area (Å²) in [6.45, 7) is 0.121. The molecule has 76 valence electrons. The van der Waals surface area contributed by atoms with Crippen LogP contribution in [0.3, 0.4) is 0 Å². The Labute approximate surface area is 76.7 Å². The van der Waals surface area contributed by atoms with Gasteiger partial charge in [-0.25, -0.2) is 8.42 Å². The molecular weight excluding hydrogens is 196 g/mol. The quantitative estimate of drug-likeness (QED) is 0.586. The molecule has 0 spiro atoms. The molecule has 1 aliphatic rings. The van der Waals surface area contributed by atoms with Crippen molar-refractivity contribution in [3.05, 3.63) is 0 Å². The average molecular weight is 208 g/mol. The van der Waals surface area contributed by atoms with Crippen molar-refractivity contribution >= 4 is 15.9 Å². The van der Waals surface area contributed by atoms with Crippen LogP contribution in [0.2, 0.25) is 0 Å². The second-order valence-corrected chi connectivity index (χ2v) is 5.25. The second-order valence-electron chi connectivity index (χ2n) is 2.93. The number of amides is 1. The van der Waals surface area contributed by atoms with Crippen molar-refractivity contribution in [2.24, 2.45) is 5.73 Å². The van der Waals surface area contributed by atoms with Gasteiger partial charge in [-0.1, -0.05) is 0 Å². The molecule has 1 fully saturated rings. The van der Waals surface area contributed by atoms with Crippen LogP contribution in [0.1, 0.15) is 0 Å². The monoisotopic (exact) mass is 208 g/mol. The Morgan fingerprint density at radius 3 is 2.46 bits per heavy atom. The van der Waals surface area contributed by atoms with E-state index in [-0.39, 0.29) is 19.8 Å². The third-order valence-electron chi connectivity index (χ3n) is 1.84. The summed E-state index contributed by atoms with van der Waals surface area (Å²) in [4.78, 5) is 10.5. The van der Waals surface area contributed by atoms with Gasteiger partial charge in [0.2, 0.25) is 15.9 Å². The smallest absolute Gasteiger partial charge is 0.232 e. The van der Waals surface area contributed by atoms with Crippen LogP contribution in [0.4, 0.5) is 0 Å². The SMILES string of the molecule is CN(CC(N)=O)S(=O)(=O)C1COC1. The number of carbonyl (C=O) groups is 1. The Bertz CT molecular complexity index is 296. The molecule has 7 heteroatoms. The minimum absolute atomic E-state index is 0.200. The fraction of sp³-hybridized carbons (Fsp3) is 0.833. The van der Waals surface area contributed by atoms with Gasteiger partial charge < -0.3 is 10.5 Å². The van der Waals surface area contributed by atoms with E-state index in [1.807, 2.05) is 0 Å². The van der Waals surface area contributed by atoms with E-state index in [0.29, 0.717) is 0 Å². The molecule has 1 amide bonds. The van der Waals surface area contributed by atoms with E-state index in [1.54, 1.807) is 0 Å². The lowest BCUT2D eigenvalue weighted by Gasteiger charge is -2.29. The lowest BCUT2D eigenvalue weighted by atomic mass is 10.4. The first-order chi connectivity index (χ1) is 5.94. The van der Waals surface area contributed by atoms with E-state index in [0.717, 1.165) is 4.31 Å². The predicted octanol–water partition coefficient (Wildman–Crippen LogP) is -1.87. The van der Waals surface area contributed by atoms with E-state index >= 15 is 0 Å². The summed E-state index contributed by atoms with van der Waals surface area (Å²) < 4.78 is 28.7. The van der Waals surface area contributed by atoms with Crippen molar-refractivity contribution in [3.8, 4) is 0 Å². The Morgan fingerprint density at radius 1 is 1.62 bits per heavy atom. The Morgan fingerprint density at radius 2 is 2.15 bits per heavy atom. The van der Waals surface area contributed by atoms with Gasteiger partial charge in [0.15, 0.2) is 0 Å². The Hall–Kier alpha value is -0.660. The predicted molar refractivity (Wildman–Crippen MR) is 45.4 cm³/mol. The van der Waals surface area contributed by atoms with E-state index in [9.17, 15) is 13.2 Å². The highest BCUT2D eigenvalue weighted by Crippen LogP contribution is 2.14. The number of rotatable bonds is 4. The van der Waals surface area contributed by atoms with Crippen LogP contribution in [0.15, 0.2) is 0 Å². The lowest BCUT2D eigenvalue weighted by Crippen LogP contribution is -2.49. The highest BCUT2D eigenvalue weighted by molar-refractivity contribution is 7.89. The Balaban J connectivity index is 2.62. The fourth-order valence-corrected chi connectivity index (χ4v) is 2.30. The van der Waals surface area contributed by atoms with Crippen molar-refractivity contribution in [1.29, 1.82) is 0 Å². The molecule has 0 atom stereocenters. The highest BCUT2D eigenvalue weighted by Gasteiger charge is 2.35. The zero-order valence-corrected chi connectivity index (χ0v) is 8.08. The van der Waals surface area contributed by atoms with E-state index in [2.05, 4.69) is 0 Å². The molecular formula is C6H12N2O4S. The number of nitrogens with zero attached hydrogens (tertiary/aromatic N) is 1. The first kappa shape index (κ1) is 10.4. The van der Waals surface area contributed by atoms with Crippen molar-refractivity contribution in [3.63, 3.8) is 0 Å². The molecule has 0 radical (unpaired) electrons. The van der Waals surface area contributed by atoms with Crippen LogP contribution in [0.5, 0.6) is 0 Å². The van der Waals surface area contributed by atoms with Gasteiger partial charge in [-0.15, -0.1) is 0 Å². The summed E-state index contributed by atoms with van der Waals surface area (Å²) in [5.74, 6) is -0.661. The van der Waals surface area contributed by atoms with Gasteiger partial charge in [0.05, 0.1) is 19.8 Å². The van der Waals surface area contributed by atoms with E-state index < -0.39 is 21.2 Å². The van der Waals surface area contributed by atoms with Gasteiger partial charge in [0.1, 0.15) is 5.25 Å². The molecule has 0 aromatic rings. The first-order valence-corrected chi connectivity index (χ1v) is 5.26. The molecule has 0 aliphatic carbocycles. The van der Waals surface area contributed by atoms with E-state index in [1.165, 1.54) is 7.05 Å². The maximum absolute atomic E-state index is 11.5. The molecule has 0 unspecified atom stereocenters. The summed E-state index contributed by atoms with van der Waals surface area (Å²) >= 11 is 0. The number of primary amides is 1. The largest absolute Gasteiger partial charge is 0.378 e. The number of sulfonamides is 1. The van der Waals surface area contributed by atoms with Crippen molar-refractivity contribution in [2.75, 3.05) is 26.8 Å². The van der Waals surface area contributed by atoms with Gasteiger partial charge in [-0.3, -0.25) is 4.79 Å². The molecule has 13 heavy (non-hydrogen) atoms. The molecule has 2 N–H and O–H groups in total. The number of ether oxygens (including phenoxy) is 1. The molecule has 1 saturated heterocycles. The van der Waals surface area contributed by atoms with Crippen molar-refractivity contribution < 1.29 is 17.9 Å². The highest BCUT2D eigenvalue weighted by atomic mass is 32.2.